The van der Waals surface area contributed by atoms with Crippen molar-refractivity contribution in [3.8, 4) is 6.07 Å². The summed E-state index contributed by atoms with van der Waals surface area (Å²) in [4.78, 5) is 12.6. The van der Waals surface area contributed by atoms with Crippen molar-refractivity contribution in [1.82, 2.24) is 5.32 Å². The molecule has 0 spiro atoms. The van der Waals surface area contributed by atoms with Crippen molar-refractivity contribution in [2.75, 3.05) is 30.8 Å². The number of hydrogen-bond donors (Lipinski definition) is 3. The molecular formula is C14H18N4O2S. The molecule has 1 saturated carbocycles. The average molecular weight is 306 g/mol. The minimum Gasteiger partial charge on any atom is -0.396 e. The topological polar surface area (TPSA) is 100 Å². The van der Waals surface area contributed by atoms with Crippen LogP contribution in [0.25, 0.3) is 0 Å². The molecule has 2 heterocycles. The number of amides is 1. The van der Waals surface area contributed by atoms with Crippen LogP contribution < -0.4 is 16.4 Å². The van der Waals surface area contributed by atoms with Gasteiger partial charge in [-0.15, -0.1) is 11.3 Å². The zero-order valence-corrected chi connectivity index (χ0v) is 12.5. The van der Waals surface area contributed by atoms with Crippen LogP contribution in [0.4, 0.5) is 10.7 Å². The fourth-order valence-corrected chi connectivity index (χ4v) is 3.29. The molecule has 1 aromatic rings. The van der Waals surface area contributed by atoms with Gasteiger partial charge in [0.1, 0.15) is 21.5 Å². The molecule has 0 bridgehead atoms. The molecule has 4 N–H and O–H groups in total. The molecule has 0 radical (unpaired) electrons. The molecule has 2 fully saturated rings. The predicted octanol–water partition coefficient (Wildman–Crippen LogP) is 1.54. The highest BCUT2D eigenvalue weighted by Crippen LogP contribution is 2.36. The lowest BCUT2D eigenvalue weighted by Crippen LogP contribution is -2.25. The Bertz CT molecular complexity index is 583. The lowest BCUT2D eigenvalue weighted by atomic mass is 10.1. The summed E-state index contributed by atoms with van der Waals surface area (Å²) < 4.78 is 5.33. The van der Waals surface area contributed by atoms with Gasteiger partial charge in [0.2, 0.25) is 0 Å². The van der Waals surface area contributed by atoms with E-state index >= 15 is 0 Å². The van der Waals surface area contributed by atoms with Crippen LogP contribution in [-0.4, -0.2) is 31.7 Å². The van der Waals surface area contributed by atoms with Gasteiger partial charge in [-0.05, 0) is 19.3 Å². The third kappa shape index (κ3) is 3.12. The van der Waals surface area contributed by atoms with Crippen molar-refractivity contribution in [2.24, 2.45) is 5.92 Å². The monoisotopic (exact) mass is 306 g/mol. The van der Waals surface area contributed by atoms with E-state index in [-0.39, 0.29) is 17.6 Å². The van der Waals surface area contributed by atoms with Crippen LogP contribution in [0, 0.1) is 17.2 Å². The van der Waals surface area contributed by atoms with Gasteiger partial charge in [-0.25, -0.2) is 0 Å². The number of nitrogens with zero attached hydrogens (tertiary/aromatic N) is 1. The predicted molar refractivity (Wildman–Crippen MR) is 81.4 cm³/mol. The second kappa shape index (κ2) is 5.92. The Hall–Kier alpha value is -1.78. The number of thiophene rings is 1. The normalized spacial score (nSPS) is 21.0. The highest BCUT2D eigenvalue weighted by atomic mass is 32.1. The smallest absolute Gasteiger partial charge is 0.263 e. The molecule has 0 aromatic carbocycles. The summed E-state index contributed by atoms with van der Waals surface area (Å²) in [5.74, 6) is 0.275. The fourth-order valence-electron chi connectivity index (χ4n) is 2.31. The molecule has 21 heavy (non-hydrogen) atoms. The average Bonchev–Trinajstić information content (AvgIpc) is 3.02. The van der Waals surface area contributed by atoms with Crippen LogP contribution in [0.15, 0.2) is 0 Å². The number of anilines is 2. The summed E-state index contributed by atoms with van der Waals surface area (Å²) in [6, 6.07) is 2.37. The Balaban J connectivity index is 1.72. The first-order valence-electron chi connectivity index (χ1n) is 7.14. The van der Waals surface area contributed by atoms with E-state index in [4.69, 9.17) is 10.5 Å². The molecule has 7 heteroatoms. The number of nitrogens with one attached hydrogen (secondary N) is 2. The Kier molecular flexibility index (Phi) is 3.99. The molecule has 3 rings (SSSR count). The van der Waals surface area contributed by atoms with Crippen molar-refractivity contribution in [3.05, 3.63) is 10.4 Å². The summed E-state index contributed by atoms with van der Waals surface area (Å²) in [5.41, 5.74) is 6.62. The fraction of sp³-hybridized carbons (Fsp3) is 0.571. The van der Waals surface area contributed by atoms with Crippen molar-refractivity contribution < 1.29 is 9.53 Å². The Morgan fingerprint density at radius 2 is 2.29 bits per heavy atom. The molecule has 1 aliphatic heterocycles. The molecule has 6 nitrogen and oxygen atoms in total. The molecule has 1 unspecified atom stereocenters. The van der Waals surface area contributed by atoms with Crippen LogP contribution in [0.1, 0.15) is 34.5 Å². The maximum Gasteiger partial charge on any atom is 0.263 e. The Morgan fingerprint density at radius 3 is 2.90 bits per heavy atom. The molecule has 112 valence electrons. The molecular weight excluding hydrogens is 288 g/mol. The molecule has 1 atom stereocenters. The van der Waals surface area contributed by atoms with Gasteiger partial charge in [-0.2, -0.15) is 5.26 Å². The van der Waals surface area contributed by atoms with Gasteiger partial charge in [-0.3, -0.25) is 4.79 Å². The minimum absolute atomic E-state index is 0.172. The van der Waals surface area contributed by atoms with E-state index in [2.05, 4.69) is 16.7 Å². The summed E-state index contributed by atoms with van der Waals surface area (Å²) in [7, 11) is 0. The summed E-state index contributed by atoms with van der Waals surface area (Å²) in [6.07, 6.45) is 3.06. The van der Waals surface area contributed by atoms with Gasteiger partial charge in [0.05, 0.1) is 12.3 Å². The van der Waals surface area contributed by atoms with Crippen LogP contribution in [0.5, 0.6) is 0 Å². The minimum atomic E-state index is -0.172. The molecule has 2 aliphatic rings. The van der Waals surface area contributed by atoms with Gasteiger partial charge >= 0.3 is 0 Å². The third-order valence-electron chi connectivity index (χ3n) is 3.75. The van der Waals surface area contributed by atoms with Crippen LogP contribution in [0.3, 0.4) is 0 Å². The van der Waals surface area contributed by atoms with Gasteiger partial charge in [0.15, 0.2) is 0 Å². The van der Waals surface area contributed by atoms with Gasteiger partial charge in [0, 0.05) is 25.1 Å². The van der Waals surface area contributed by atoms with E-state index < -0.39 is 0 Å². The number of ether oxygens (including phenoxy) is 1. The first-order chi connectivity index (χ1) is 10.2. The van der Waals surface area contributed by atoms with Gasteiger partial charge in [0.25, 0.3) is 5.91 Å². The maximum atomic E-state index is 12.1. The lowest BCUT2D eigenvalue weighted by Gasteiger charge is -2.08. The van der Waals surface area contributed by atoms with Crippen molar-refractivity contribution in [1.29, 1.82) is 5.26 Å². The number of nitriles is 1. The Labute approximate surface area is 127 Å². The van der Waals surface area contributed by atoms with Crippen molar-refractivity contribution in [2.45, 2.75) is 25.3 Å². The summed E-state index contributed by atoms with van der Waals surface area (Å²) in [5, 5.41) is 16.1. The van der Waals surface area contributed by atoms with Gasteiger partial charge in [-0.1, -0.05) is 0 Å². The van der Waals surface area contributed by atoms with E-state index in [9.17, 15) is 10.1 Å². The lowest BCUT2D eigenvalue weighted by molar-refractivity contribution is 0.0956. The van der Waals surface area contributed by atoms with E-state index in [1.54, 1.807) is 0 Å². The first kappa shape index (κ1) is 14.2. The maximum absolute atomic E-state index is 12.1. The van der Waals surface area contributed by atoms with E-state index in [1.165, 1.54) is 11.3 Å². The Morgan fingerprint density at radius 1 is 1.48 bits per heavy atom. The second-order valence-electron chi connectivity index (χ2n) is 5.52. The number of nitrogen functional groups attached to an aromatic ring is 1. The van der Waals surface area contributed by atoms with Crippen LogP contribution in [0.2, 0.25) is 0 Å². The van der Waals surface area contributed by atoms with Gasteiger partial charge < -0.3 is 21.1 Å². The van der Waals surface area contributed by atoms with Crippen molar-refractivity contribution in [3.63, 3.8) is 0 Å². The number of carbonyl (C=O) groups excluding carboxylic acids is 1. The number of carbonyl (C=O) groups is 1. The van der Waals surface area contributed by atoms with E-state index in [0.717, 1.165) is 39.0 Å². The highest BCUT2D eigenvalue weighted by molar-refractivity contribution is 7.18. The standard InChI is InChI=1S/C14H18N4O2S/c15-5-10-11(16)12(13(19)18-9-1-2-9)21-14(10)17-6-8-3-4-20-7-8/h8-9,17H,1-4,6-7,16H2,(H,18,19). The largest absolute Gasteiger partial charge is 0.396 e. The first-order valence-corrected chi connectivity index (χ1v) is 7.95. The van der Waals surface area contributed by atoms with E-state index in [0.29, 0.717) is 21.4 Å². The van der Waals surface area contributed by atoms with Crippen LogP contribution >= 0.6 is 11.3 Å². The van der Waals surface area contributed by atoms with E-state index in [1.807, 2.05) is 0 Å². The van der Waals surface area contributed by atoms with Crippen molar-refractivity contribution >= 4 is 27.9 Å². The SMILES string of the molecule is N#Cc1c(NCC2CCOC2)sc(C(=O)NC2CC2)c1N. The molecule has 1 amide bonds. The highest BCUT2D eigenvalue weighted by Gasteiger charge is 2.27. The summed E-state index contributed by atoms with van der Waals surface area (Å²) >= 11 is 1.26. The molecule has 1 aliphatic carbocycles. The number of nitrogens with two attached hydrogens (primary N) is 1. The number of rotatable bonds is 5. The molecule has 1 saturated heterocycles. The molecule has 1 aromatic heterocycles. The summed E-state index contributed by atoms with van der Waals surface area (Å²) in [6.45, 7) is 2.27. The third-order valence-corrected chi connectivity index (χ3v) is 4.91. The second-order valence-corrected chi connectivity index (χ2v) is 6.54. The quantitative estimate of drug-likeness (QED) is 0.766. The zero-order chi connectivity index (χ0) is 14.8. The zero-order valence-electron chi connectivity index (χ0n) is 11.6. The number of hydrogen-bond acceptors (Lipinski definition) is 6. The van der Waals surface area contributed by atoms with Crippen LogP contribution in [-0.2, 0) is 4.74 Å².